The zero-order valence-electron chi connectivity index (χ0n) is 8.03. The molecule has 0 atom stereocenters. The molecule has 1 nitrogen and oxygen atoms in total. The Kier molecular flexibility index (Phi) is 5.79. The molecule has 81 valence electrons. The summed E-state index contributed by atoms with van der Waals surface area (Å²) in [6.45, 7) is 4.14. The van der Waals surface area contributed by atoms with E-state index in [1.54, 1.807) is 13.0 Å². The van der Waals surface area contributed by atoms with Crippen LogP contribution in [0.5, 0.6) is 0 Å². The summed E-state index contributed by atoms with van der Waals surface area (Å²) in [4.78, 5) is 0.958. The molecule has 1 radical (unpaired) electrons. The average Bonchev–Trinajstić information content (AvgIpc) is 1.96. The molecular weight excluding hydrogens is 348 g/mol. The van der Waals surface area contributed by atoms with Crippen molar-refractivity contribution in [3.05, 3.63) is 34.6 Å². The molecule has 6 heteroatoms. The minimum Gasteiger partial charge on any atom is -0.448 e. The van der Waals surface area contributed by atoms with E-state index in [0.717, 1.165) is 4.90 Å². The maximum atomic E-state index is 12.1. The first-order valence-corrected chi connectivity index (χ1v) is 4.60. The van der Waals surface area contributed by atoms with Crippen LogP contribution >= 0.6 is 15.9 Å². The van der Waals surface area contributed by atoms with Crippen LogP contribution in [0.15, 0.2) is 28.4 Å². The van der Waals surface area contributed by atoms with Gasteiger partial charge in [0.1, 0.15) is 0 Å². The third-order valence-electron chi connectivity index (χ3n) is 1.59. The first-order chi connectivity index (χ1) is 6.29. The Balaban J connectivity index is 0.00000196. The molecule has 0 fully saturated rings. The topological polar surface area (TPSA) is 3.24 Å². The Bertz CT molecular complexity index is 320. The Labute approximate surface area is 120 Å². The Morgan fingerprint density at radius 1 is 1.53 bits per heavy atom. The van der Waals surface area contributed by atoms with Gasteiger partial charge in [-0.3, -0.25) is 0 Å². The zero-order valence-corrected chi connectivity index (χ0v) is 12.5. The molecule has 0 unspecified atom stereocenters. The van der Waals surface area contributed by atoms with Gasteiger partial charge in [-0.25, -0.2) is 0 Å². The van der Waals surface area contributed by atoms with Crippen LogP contribution in [0.4, 0.5) is 13.2 Å². The summed E-state index contributed by atoms with van der Waals surface area (Å²) in [5.74, 6) is 0. The van der Waals surface area contributed by atoms with Gasteiger partial charge in [0.15, 0.2) is 0 Å². The van der Waals surface area contributed by atoms with Crippen molar-refractivity contribution in [2.45, 2.75) is 13.1 Å². The van der Waals surface area contributed by atoms with Crippen LogP contribution in [-0.2, 0) is 32.7 Å². The van der Waals surface area contributed by atoms with E-state index < -0.39 is 12.7 Å². The maximum Gasteiger partial charge on any atom is 0.404 e. The maximum absolute atomic E-state index is 12.1. The normalized spacial score (nSPS) is 16.9. The molecule has 0 spiro atoms. The van der Waals surface area contributed by atoms with E-state index in [4.69, 9.17) is 0 Å². The van der Waals surface area contributed by atoms with Gasteiger partial charge < -0.3 is 4.90 Å². The number of rotatable bonds is 1. The average molecular weight is 356 g/mol. The fraction of sp³-hybridized carbons (Fsp3) is 0.333. The largest absolute Gasteiger partial charge is 0.448 e. The van der Waals surface area contributed by atoms with Crippen LogP contribution in [0.25, 0.3) is 0 Å². The molecule has 0 aromatic heterocycles. The summed E-state index contributed by atoms with van der Waals surface area (Å²) in [6, 6.07) is 0. The van der Waals surface area contributed by atoms with Gasteiger partial charge in [-0.1, -0.05) is 39.2 Å². The first kappa shape index (κ1) is 15.4. The first-order valence-electron chi connectivity index (χ1n) is 3.80. The number of nitrogens with zero attached hydrogens (tertiary/aromatic N) is 1. The molecule has 1 heterocycles. The fourth-order valence-corrected chi connectivity index (χ4v) is 1.59. The molecule has 0 N–H and O–H groups in total. The van der Waals surface area contributed by atoms with Crippen LogP contribution in [0.2, 0.25) is 0 Å². The molecular formula is C9H8BrF3NY-. The SMILES string of the molecule is C=C1C(Br)=CC(C)=[C-]N1CC(F)(F)F.[Y]. The number of hydrogen-bond donors (Lipinski definition) is 0. The van der Waals surface area contributed by atoms with Gasteiger partial charge in [0.05, 0.1) is 6.54 Å². The van der Waals surface area contributed by atoms with Gasteiger partial charge in [-0.2, -0.15) is 19.2 Å². The quantitative estimate of drug-likeness (QED) is 0.652. The van der Waals surface area contributed by atoms with Gasteiger partial charge in [-0.15, -0.1) is 12.2 Å². The molecule has 0 saturated carbocycles. The smallest absolute Gasteiger partial charge is 0.404 e. The molecule has 1 aliphatic heterocycles. The Morgan fingerprint density at radius 3 is 2.53 bits per heavy atom. The van der Waals surface area contributed by atoms with Gasteiger partial charge in [-0.05, 0) is 0 Å². The van der Waals surface area contributed by atoms with Crippen molar-refractivity contribution in [2.24, 2.45) is 0 Å². The summed E-state index contributed by atoms with van der Waals surface area (Å²) in [6.07, 6.45) is 0.00374. The van der Waals surface area contributed by atoms with Crippen LogP contribution in [0, 0.1) is 6.20 Å². The molecule has 0 bridgehead atoms. The standard InChI is InChI=1S/C9H8BrF3N.Y/c1-6-3-8(10)7(2)14(4-6)5-9(11,12)13;/h3H,2,5H2,1H3;/q-1;. The number of allylic oxidation sites excluding steroid dienone is 3. The monoisotopic (exact) mass is 355 g/mol. The van der Waals surface area contributed by atoms with Gasteiger partial charge >= 0.3 is 6.18 Å². The van der Waals surface area contributed by atoms with E-state index in [1.165, 1.54) is 0 Å². The van der Waals surface area contributed by atoms with Crippen molar-refractivity contribution in [1.82, 2.24) is 4.90 Å². The summed E-state index contributed by atoms with van der Waals surface area (Å²) in [5, 5.41) is 0. The van der Waals surface area contributed by atoms with Gasteiger partial charge in [0, 0.05) is 32.7 Å². The third kappa shape index (κ3) is 4.83. The van der Waals surface area contributed by atoms with E-state index in [0.29, 0.717) is 10.1 Å². The second-order valence-corrected chi connectivity index (χ2v) is 3.79. The van der Waals surface area contributed by atoms with Crippen molar-refractivity contribution >= 4 is 15.9 Å². The van der Waals surface area contributed by atoms with E-state index in [2.05, 4.69) is 28.7 Å². The fourth-order valence-electron chi connectivity index (χ4n) is 1.03. The minimum atomic E-state index is -4.25. The summed E-state index contributed by atoms with van der Waals surface area (Å²) >= 11 is 3.13. The summed E-state index contributed by atoms with van der Waals surface area (Å²) < 4.78 is 36.9. The third-order valence-corrected chi connectivity index (χ3v) is 2.28. The Hall–Kier alpha value is 0.394. The Morgan fingerprint density at radius 2 is 2.07 bits per heavy atom. The second kappa shape index (κ2) is 5.64. The number of halogens is 4. The van der Waals surface area contributed by atoms with Crippen LogP contribution < -0.4 is 0 Å². The minimum absolute atomic E-state index is 0. The van der Waals surface area contributed by atoms with Crippen molar-refractivity contribution in [3.63, 3.8) is 0 Å². The molecule has 1 rings (SSSR count). The van der Waals surface area contributed by atoms with Crippen LogP contribution in [0.1, 0.15) is 6.92 Å². The van der Waals surface area contributed by atoms with Gasteiger partial charge in [0.25, 0.3) is 0 Å². The van der Waals surface area contributed by atoms with Gasteiger partial charge in [0.2, 0.25) is 0 Å². The van der Waals surface area contributed by atoms with Crippen LogP contribution in [-0.4, -0.2) is 17.6 Å². The molecule has 0 amide bonds. The van der Waals surface area contributed by atoms with E-state index in [1.807, 2.05) is 0 Å². The molecule has 0 aromatic carbocycles. The van der Waals surface area contributed by atoms with E-state index >= 15 is 0 Å². The van der Waals surface area contributed by atoms with Crippen molar-refractivity contribution in [1.29, 1.82) is 0 Å². The molecule has 1 aliphatic rings. The number of alkyl halides is 3. The van der Waals surface area contributed by atoms with Crippen molar-refractivity contribution in [2.75, 3.05) is 6.54 Å². The predicted molar refractivity (Wildman–Crippen MR) is 51.3 cm³/mol. The van der Waals surface area contributed by atoms with Crippen LogP contribution in [0.3, 0.4) is 0 Å². The second-order valence-electron chi connectivity index (χ2n) is 2.94. The molecule has 15 heavy (non-hydrogen) atoms. The van der Waals surface area contributed by atoms with E-state index in [-0.39, 0.29) is 38.4 Å². The van der Waals surface area contributed by atoms with Crippen molar-refractivity contribution < 1.29 is 45.9 Å². The van der Waals surface area contributed by atoms with E-state index in [9.17, 15) is 13.2 Å². The number of hydrogen-bond acceptors (Lipinski definition) is 1. The summed E-state index contributed by atoms with van der Waals surface area (Å²) in [7, 11) is 0. The zero-order chi connectivity index (χ0) is 10.9. The van der Waals surface area contributed by atoms with Crippen molar-refractivity contribution in [3.8, 4) is 0 Å². The molecule has 0 aliphatic carbocycles. The molecule has 0 saturated heterocycles. The summed E-state index contributed by atoms with van der Waals surface area (Å²) in [5.41, 5.74) is 0.904. The predicted octanol–water partition coefficient (Wildman–Crippen LogP) is 3.36. The molecule has 0 aromatic rings.